The third kappa shape index (κ3) is 1.73. The van der Waals surface area contributed by atoms with Gasteiger partial charge in [0.1, 0.15) is 0 Å². The lowest BCUT2D eigenvalue weighted by Crippen LogP contribution is -2.18. The number of nitrogens with zero attached hydrogens (tertiary/aromatic N) is 1. The van der Waals surface area contributed by atoms with Crippen LogP contribution in [0.4, 0.5) is 5.69 Å². The number of anilines is 1. The van der Waals surface area contributed by atoms with Crippen molar-refractivity contribution in [2.24, 2.45) is 0 Å². The standard InChI is InChI=1S/C10H8N2OS/c11-4-3-7-1-2-8-9(5-7)14-6-10(13)12-8/h1-2,5H,3,6H2,(H,12,13). The molecule has 3 nitrogen and oxygen atoms in total. The van der Waals surface area contributed by atoms with Crippen LogP contribution in [0.15, 0.2) is 23.1 Å². The van der Waals surface area contributed by atoms with Gasteiger partial charge < -0.3 is 5.32 Å². The Morgan fingerprint density at radius 3 is 3.21 bits per heavy atom. The zero-order chi connectivity index (χ0) is 9.97. The minimum absolute atomic E-state index is 0.0375. The smallest absolute Gasteiger partial charge is 0.234 e. The number of thioether (sulfide) groups is 1. The van der Waals surface area contributed by atoms with Crippen LogP contribution >= 0.6 is 11.8 Å². The Kier molecular flexibility index (Phi) is 2.42. The minimum atomic E-state index is 0.0375. The molecule has 70 valence electrons. The van der Waals surface area contributed by atoms with Crippen LogP contribution in [0.5, 0.6) is 0 Å². The van der Waals surface area contributed by atoms with Crippen LogP contribution in [0.1, 0.15) is 5.56 Å². The van der Waals surface area contributed by atoms with Gasteiger partial charge in [0.2, 0.25) is 5.91 Å². The van der Waals surface area contributed by atoms with Gasteiger partial charge in [0.05, 0.1) is 23.9 Å². The molecule has 1 heterocycles. The molecule has 0 aliphatic carbocycles. The maximum Gasteiger partial charge on any atom is 0.234 e. The minimum Gasteiger partial charge on any atom is -0.324 e. The van der Waals surface area contributed by atoms with Crippen molar-refractivity contribution in [3.05, 3.63) is 23.8 Å². The first-order chi connectivity index (χ1) is 6.79. The molecule has 1 N–H and O–H groups in total. The summed E-state index contributed by atoms with van der Waals surface area (Å²) in [5.74, 6) is 0.499. The molecule has 0 saturated heterocycles. The van der Waals surface area contributed by atoms with Crippen molar-refractivity contribution < 1.29 is 4.79 Å². The number of nitrogens with one attached hydrogen (secondary N) is 1. The monoisotopic (exact) mass is 204 g/mol. The third-order valence-electron chi connectivity index (χ3n) is 1.96. The van der Waals surface area contributed by atoms with Crippen LogP contribution in [0.2, 0.25) is 0 Å². The quantitative estimate of drug-likeness (QED) is 0.758. The largest absolute Gasteiger partial charge is 0.324 e. The van der Waals surface area contributed by atoms with E-state index in [1.165, 1.54) is 11.8 Å². The average molecular weight is 204 g/mol. The van der Waals surface area contributed by atoms with Crippen LogP contribution < -0.4 is 5.32 Å². The van der Waals surface area contributed by atoms with E-state index in [2.05, 4.69) is 11.4 Å². The van der Waals surface area contributed by atoms with Crippen molar-refractivity contribution in [3.63, 3.8) is 0 Å². The summed E-state index contributed by atoms with van der Waals surface area (Å²) in [6.07, 6.45) is 0.418. The van der Waals surface area contributed by atoms with E-state index in [-0.39, 0.29) is 5.91 Å². The Morgan fingerprint density at radius 1 is 1.57 bits per heavy atom. The highest BCUT2D eigenvalue weighted by Crippen LogP contribution is 2.31. The number of fused-ring (bicyclic) bond motifs is 1. The molecule has 0 fully saturated rings. The lowest BCUT2D eigenvalue weighted by atomic mass is 10.1. The molecule has 0 spiro atoms. The molecule has 1 aliphatic rings. The fraction of sp³-hybridized carbons (Fsp3) is 0.200. The molecule has 2 rings (SSSR count). The Morgan fingerprint density at radius 2 is 2.43 bits per heavy atom. The molecular formula is C10H8N2OS. The van der Waals surface area contributed by atoms with Crippen LogP contribution in [-0.4, -0.2) is 11.7 Å². The van der Waals surface area contributed by atoms with Gasteiger partial charge in [-0.25, -0.2) is 0 Å². The summed E-state index contributed by atoms with van der Waals surface area (Å²) >= 11 is 1.52. The zero-order valence-electron chi connectivity index (χ0n) is 7.41. The van der Waals surface area contributed by atoms with E-state index in [0.29, 0.717) is 12.2 Å². The number of rotatable bonds is 1. The number of carbonyl (C=O) groups excluding carboxylic acids is 1. The molecule has 0 atom stereocenters. The van der Waals surface area contributed by atoms with Crippen molar-refractivity contribution in [1.82, 2.24) is 0 Å². The first-order valence-corrected chi connectivity index (χ1v) is 5.20. The Hall–Kier alpha value is -1.47. The van der Waals surface area contributed by atoms with Gasteiger partial charge in [-0.2, -0.15) is 5.26 Å². The first kappa shape index (κ1) is 9.10. The lowest BCUT2D eigenvalue weighted by Gasteiger charge is -2.16. The summed E-state index contributed by atoms with van der Waals surface area (Å²) in [7, 11) is 0. The molecule has 0 radical (unpaired) electrons. The van der Waals surface area contributed by atoms with Gasteiger partial charge in [-0.1, -0.05) is 6.07 Å². The van der Waals surface area contributed by atoms with Gasteiger partial charge in [-0.15, -0.1) is 11.8 Å². The van der Waals surface area contributed by atoms with Crippen molar-refractivity contribution in [3.8, 4) is 6.07 Å². The Bertz CT molecular complexity index is 423. The van der Waals surface area contributed by atoms with Crippen molar-refractivity contribution in [1.29, 1.82) is 5.26 Å². The van der Waals surface area contributed by atoms with E-state index < -0.39 is 0 Å². The average Bonchev–Trinajstić information content (AvgIpc) is 2.19. The number of nitriles is 1. The van der Waals surface area contributed by atoms with Crippen LogP contribution in [0.3, 0.4) is 0 Å². The number of benzene rings is 1. The summed E-state index contributed by atoms with van der Waals surface area (Å²) in [5.41, 5.74) is 1.85. The number of hydrogen-bond donors (Lipinski definition) is 1. The van der Waals surface area contributed by atoms with E-state index in [1.807, 2.05) is 18.2 Å². The van der Waals surface area contributed by atoms with Crippen LogP contribution in [0, 0.1) is 11.3 Å². The molecule has 0 unspecified atom stereocenters. The lowest BCUT2D eigenvalue weighted by molar-refractivity contribution is -0.113. The number of amides is 1. The van der Waals surface area contributed by atoms with E-state index in [1.54, 1.807) is 0 Å². The van der Waals surface area contributed by atoms with Gasteiger partial charge in [0.25, 0.3) is 0 Å². The van der Waals surface area contributed by atoms with Crippen molar-refractivity contribution in [2.45, 2.75) is 11.3 Å². The molecule has 0 saturated carbocycles. The van der Waals surface area contributed by atoms with Crippen LogP contribution in [0.25, 0.3) is 0 Å². The van der Waals surface area contributed by atoms with Gasteiger partial charge in [0, 0.05) is 4.90 Å². The third-order valence-corrected chi connectivity index (χ3v) is 3.02. The summed E-state index contributed by atoms with van der Waals surface area (Å²) in [6.45, 7) is 0. The van der Waals surface area contributed by atoms with Crippen LogP contribution in [-0.2, 0) is 11.2 Å². The summed E-state index contributed by atoms with van der Waals surface area (Å²) < 4.78 is 0. The van der Waals surface area contributed by atoms with E-state index >= 15 is 0 Å². The maximum atomic E-state index is 11.1. The second-order valence-corrected chi connectivity index (χ2v) is 4.02. The fourth-order valence-corrected chi connectivity index (χ4v) is 2.19. The summed E-state index contributed by atoms with van der Waals surface area (Å²) in [5, 5.41) is 11.3. The molecule has 1 aliphatic heterocycles. The van der Waals surface area contributed by atoms with Gasteiger partial charge in [-0.3, -0.25) is 4.79 Å². The summed E-state index contributed by atoms with van der Waals surface area (Å²) in [4.78, 5) is 12.1. The molecule has 0 bridgehead atoms. The maximum absolute atomic E-state index is 11.1. The Labute approximate surface area is 86.1 Å². The summed E-state index contributed by atoms with van der Waals surface area (Å²) in [6, 6.07) is 7.79. The Balaban J connectivity index is 2.32. The molecule has 0 aromatic heterocycles. The predicted molar refractivity (Wildman–Crippen MR) is 55.1 cm³/mol. The molecule has 1 amide bonds. The van der Waals surface area contributed by atoms with Crippen molar-refractivity contribution >= 4 is 23.4 Å². The molecule has 4 heteroatoms. The normalized spacial score (nSPS) is 14.1. The number of carbonyl (C=O) groups is 1. The molecule has 1 aromatic rings. The zero-order valence-corrected chi connectivity index (χ0v) is 8.23. The first-order valence-electron chi connectivity index (χ1n) is 4.22. The highest BCUT2D eigenvalue weighted by Gasteiger charge is 2.14. The molecule has 14 heavy (non-hydrogen) atoms. The van der Waals surface area contributed by atoms with E-state index in [0.717, 1.165) is 16.1 Å². The second kappa shape index (κ2) is 3.72. The fourth-order valence-electron chi connectivity index (χ4n) is 1.32. The predicted octanol–water partition coefficient (Wildman–Crippen LogP) is 1.80. The second-order valence-electron chi connectivity index (χ2n) is 3.00. The highest BCUT2D eigenvalue weighted by molar-refractivity contribution is 8.00. The molecular weight excluding hydrogens is 196 g/mol. The van der Waals surface area contributed by atoms with Gasteiger partial charge in [0.15, 0.2) is 0 Å². The molecule has 1 aromatic carbocycles. The van der Waals surface area contributed by atoms with Gasteiger partial charge in [-0.05, 0) is 17.7 Å². The van der Waals surface area contributed by atoms with Crippen molar-refractivity contribution in [2.75, 3.05) is 11.1 Å². The van der Waals surface area contributed by atoms with E-state index in [9.17, 15) is 4.79 Å². The number of hydrogen-bond acceptors (Lipinski definition) is 3. The van der Waals surface area contributed by atoms with Gasteiger partial charge >= 0.3 is 0 Å². The SMILES string of the molecule is N#CCc1ccc2c(c1)SCC(=O)N2. The van der Waals surface area contributed by atoms with E-state index in [4.69, 9.17) is 5.26 Å². The highest BCUT2D eigenvalue weighted by atomic mass is 32.2. The topological polar surface area (TPSA) is 52.9 Å².